The summed E-state index contributed by atoms with van der Waals surface area (Å²) in [6, 6.07) is 6.99. The van der Waals surface area contributed by atoms with E-state index in [1.165, 1.54) is 25.7 Å². The maximum Gasteiger partial charge on any atom is 0.274 e. The molecule has 3 rings (SSSR count). The highest BCUT2D eigenvalue weighted by Gasteiger charge is 2.16. The number of benzene rings is 1. The van der Waals surface area contributed by atoms with Crippen molar-refractivity contribution in [3.05, 3.63) is 46.2 Å². The second-order valence-corrected chi connectivity index (χ2v) is 6.96. The molecule has 1 aliphatic rings. The van der Waals surface area contributed by atoms with Crippen molar-refractivity contribution < 1.29 is 4.79 Å². The van der Waals surface area contributed by atoms with E-state index in [0.29, 0.717) is 27.7 Å². The Bertz CT molecular complexity index is 725. The third kappa shape index (κ3) is 4.83. The van der Waals surface area contributed by atoms with Crippen LogP contribution in [0.4, 0.5) is 11.6 Å². The van der Waals surface area contributed by atoms with Gasteiger partial charge in [-0.1, -0.05) is 55.0 Å². The quantitative estimate of drug-likeness (QED) is 0.720. The number of hydrogen-bond acceptors (Lipinski definition) is 4. The summed E-state index contributed by atoms with van der Waals surface area (Å²) in [5.41, 5.74) is 0.648. The molecule has 1 heterocycles. The Morgan fingerprint density at radius 2 is 1.72 bits per heavy atom. The molecule has 0 bridgehead atoms. The highest BCUT2D eigenvalue weighted by molar-refractivity contribution is 6.39. The maximum atomic E-state index is 12.5. The number of aromatic nitrogens is 2. The van der Waals surface area contributed by atoms with Gasteiger partial charge in [0, 0.05) is 12.2 Å². The Kier molecular flexibility index (Phi) is 6.10. The molecule has 5 nitrogen and oxygen atoms in total. The smallest absolute Gasteiger partial charge is 0.274 e. The van der Waals surface area contributed by atoms with Crippen LogP contribution in [-0.4, -0.2) is 21.9 Å². The van der Waals surface area contributed by atoms with E-state index in [4.69, 9.17) is 23.2 Å². The zero-order valence-electron chi connectivity index (χ0n) is 13.8. The van der Waals surface area contributed by atoms with Gasteiger partial charge >= 0.3 is 0 Å². The van der Waals surface area contributed by atoms with Gasteiger partial charge in [0.05, 0.1) is 15.7 Å². The minimum absolute atomic E-state index is 0.266. The van der Waals surface area contributed by atoms with Gasteiger partial charge in [0.1, 0.15) is 5.69 Å². The molecule has 0 spiro atoms. The molecule has 132 valence electrons. The average molecular weight is 379 g/mol. The Morgan fingerprint density at radius 1 is 1.04 bits per heavy atom. The fourth-order valence-electron chi connectivity index (χ4n) is 2.96. The minimum atomic E-state index is -0.374. The van der Waals surface area contributed by atoms with Crippen LogP contribution in [0, 0.1) is 0 Å². The fourth-order valence-corrected chi connectivity index (χ4v) is 3.45. The van der Waals surface area contributed by atoms with Crippen molar-refractivity contribution in [1.82, 2.24) is 9.97 Å². The summed E-state index contributed by atoms with van der Waals surface area (Å²) in [4.78, 5) is 21.0. The van der Waals surface area contributed by atoms with Crippen LogP contribution < -0.4 is 10.6 Å². The molecule has 1 saturated carbocycles. The predicted molar refractivity (Wildman–Crippen MR) is 102 cm³/mol. The van der Waals surface area contributed by atoms with E-state index < -0.39 is 0 Å². The van der Waals surface area contributed by atoms with Crippen LogP contribution in [0.15, 0.2) is 30.5 Å². The predicted octanol–water partition coefficient (Wildman–Crippen LogP) is 5.17. The zero-order chi connectivity index (χ0) is 17.6. The molecule has 1 fully saturated rings. The first kappa shape index (κ1) is 18.0. The number of nitrogens with zero attached hydrogens (tertiary/aromatic N) is 2. The summed E-state index contributed by atoms with van der Waals surface area (Å²) in [5.74, 6) is 0.103. The third-order valence-corrected chi connectivity index (χ3v) is 4.91. The van der Waals surface area contributed by atoms with Crippen LogP contribution in [0.25, 0.3) is 0 Å². The molecule has 0 radical (unpaired) electrons. The summed E-state index contributed by atoms with van der Waals surface area (Å²) in [6.45, 7) is 0. The number of carbonyl (C=O) groups is 1. The van der Waals surface area contributed by atoms with Gasteiger partial charge in [-0.25, -0.2) is 9.97 Å². The van der Waals surface area contributed by atoms with E-state index in [0.717, 1.165) is 12.8 Å². The lowest BCUT2D eigenvalue weighted by Gasteiger charge is -2.16. The third-order valence-electron chi connectivity index (χ3n) is 4.28. The Labute approximate surface area is 157 Å². The molecule has 1 aromatic carbocycles. The highest BCUT2D eigenvalue weighted by Crippen LogP contribution is 2.30. The second kappa shape index (κ2) is 8.50. The summed E-state index contributed by atoms with van der Waals surface area (Å²) in [6.07, 6.45) is 8.77. The van der Waals surface area contributed by atoms with Crippen molar-refractivity contribution in [2.75, 3.05) is 10.6 Å². The number of anilines is 2. The second-order valence-electron chi connectivity index (χ2n) is 6.15. The fraction of sp³-hybridized carbons (Fsp3) is 0.389. The van der Waals surface area contributed by atoms with E-state index in [2.05, 4.69) is 20.6 Å². The summed E-state index contributed by atoms with van der Waals surface area (Å²) < 4.78 is 0. The number of hydrogen-bond donors (Lipinski definition) is 2. The topological polar surface area (TPSA) is 66.9 Å². The standard InChI is InChI=1S/C18H20Cl2N4O/c19-13-8-5-9-14(20)16(13)24-17(25)15-10-11-21-18(23-15)22-12-6-3-1-2-4-7-12/h5,8-12H,1-4,6-7H2,(H,24,25)(H,21,22,23). The van der Waals surface area contributed by atoms with Gasteiger partial charge in [-0.15, -0.1) is 0 Å². The number of carbonyl (C=O) groups excluding carboxylic acids is 1. The number of para-hydroxylation sites is 1. The molecular weight excluding hydrogens is 359 g/mol. The zero-order valence-corrected chi connectivity index (χ0v) is 15.3. The van der Waals surface area contributed by atoms with Gasteiger partial charge in [-0.05, 0) is 31.0 Å². The lowest BCUT2D eigenvalue weighted by atomic mass is 10.1. The van der Waals surface area contributed by atoms with Crippen LogP contribution in [0.3, 0.4) is 0 Å². The largest absolute Gasteiger partial charge is 0.351 e. The lowest BCUT2D eigenvalue weighted by Crippen LogP contribution is -2.21. The van der Waals surface area contributed by atoms with Crippen molar-refractivity contribution in [2.45, 2.75) is 44.6 Å². The monoisotopic (exact) mass is 378 g/mol. The van der Waals surface area contributed by atoms with Crippen LogP contribution in [-0.2, 0) is 0 Å². The van der Waals surface area contributed by atoms with Crippen molar-refractivity contribution in [3.8, 4) is 0 Å². The first-order valence-corrected chi connectivity index (χ1v) is 9.24. The maximum absolute atomic E-state index is 12.5. The van der Waals surface area contributed by atoms with E-state index in [9.17, 15) is 4.79 Å². The molecular formula is C18H20Cl2N4O. The number of halogens is 2. The molecule has 0 atom stereocenters. The number of amides is 1. The number of nitrogens with one attached hydrogen (secondary N) is 2. The van der Waals surface area contributed by atoms with E-state index in [1.807, 2.05) is 0 Å². The van der Waals surface area contributed by atoms with Gasteiger partial charge in [0.25, 0.3) is 5.91 Å². The van der Waals surface area contributed by atoms with Gasteiger partial charge in [-0.3, -0.25) is 4.79 Å². The van der Waals surface area contributed by atoms with E-state index >= 15 is 0 Å². The van der Waals surface area contributed by atoms with E-state index in [-0.39, 0.29) is 11.6 Å². The van der Waals surface area contributed by atoms with Crippen LogP contribution in [0.1, 0.15) is 49.0 Å². The number of rotatable bonds is 4. The molecule has 1 aliphatic carbocycles. The van der Waals surface area contributed by atoms with Crippen LogP contribution >= 0.6 is 23.2 Å². The Hall–Kier alpha value is -1.85. The lowest BCUT2D eigenvalue weighted by molar-refractivity contribution is 0.102. The van der Waals surface area contributed by atoms with Gasteiger partial charge in [-0.2, -0.15) is 0 Å². The molecule has 2 N–H and O–H groups in total. The Morgan fingerprint density at radius 3 is 2.40 bits per heavy atom. The van der Waals surface area contributed by atoms with Gasteiger partial charge < -0.3 is 10.6 Å². The SMILES string of the molecule is O=C(Nc1c(Cl)cccc1Cl)c1ccnc(NC2CCCCCC2)n1. The molecule has 1 aromatic heterocycles. The highest BCUT2D eigenvalue weighted by atomic mass is 35.5. The molecule has 25 heavy (non-hydrogen) atoms. The van der Waals surface area contributed by atoms with E-state index in [1.54, 1.807) is 30.5 Å². The average Bonchev–Trinajstić information content (AvgIpc) is 2.87. The summed E-state index contributed by atoms with van der Waals surface area (Å²) in [7, 11) is 0. The molecule has 1 amide bonds. The van der Waals surface area contributed by atoms with Gasteiger partial charge in [0.15, 0.2) is 0 Å². The van der Waals surface area contributed by atoms with Crippen molar-refractivity contribution in [1.29, 1.82) is 0 Å². The Balaban J connectivity index is 1.71. The molecule has 0 saturated heterocycles. The molecule has 0 aliphatic heterocycles. The van der Waals surface area contributed by atoms with Crippen molar-refractivity contribution in [3.63, 3.8) is 0 Å². The van der Waals surface area contributed by atoms with Crippen LogP contribution in [0.2, 0.25) is 10.0 Å². The summed E-state index contributed by atoms with van der Waals surface area (Å²) in [5, 5.41) is 6.83. The first-order chi connectivity index (χ1) is 12.1. The van der Waals surface area contributed by atoms with Gasteiger partial charge in [0.2, 0.25) is 5.95 Å². The normalized spacial score (nSPS) is 15.4. The summed E-state index contributed by atoms with van der Waals surface area (Å²) >= 11 is 12.2. The van der Waals surface area contributed by atoms with Crippen molar-refractivity contribution >= 4 is 40.7 Å². The van der Waals surface area contributed by atoms with Crippen molar-refractivity contribution in [2.24, 2.45) is 0 Å². The first-order valence-electron chi connectivity index (χ1n) is 8.48. The molecule has 7 heteroatoms. The van der Waals surface area contributed by atoms with Crippen LogP contribution in [0.5, 0.6) is 0 Å². The molecule has 2 aromatic rings. The molecule has 0 unspecified atom stereocenters. The minimum Gasteiger partial charge on any atom is -0.351 e.